The second-order valence-corrected chi connectivity index (χ2v) is 6.79. The van der Waals surface area contributed by atoms with E-state index in [1.807, 2.05) is 54.6 Å². The quantitative estimate of drug-likeness (QED) is 0.577. The van der Waals surface area contributed by atoms with Crippen molar-refractivity contribution in [3.05, 3.63) is 54.6 Å². The van der Waals surface area contributed by atoms with E-state index in [-0.39, 0.29) is 0 Å². The number of ether oxygens (including phenoxy) is 2. The molecule has 0 atom stereocenters. The van der Waals surface area contributed by atoms with Crippen molar-refractivity contribution >= 4 is 17.5 Å². The molecule has 146 valence electrons. The van der Waals surface area contributed by atoms with Crippen LogP contribution in [0.3, 0.4) is 0 Å². The minimum absolute atomic E-state index is 0.485. The van der Waals surface area contributed by atoms with Gasteiger partial charge < -0.3 is 20.1 Å². The van der Waals surface area contributed by atoms with Gasteiger partial charge in [0.15, 0.2) is 0 Å². The molecule has 0 radical (unpaired) electrons. The van der Waals surface area contributed by atoms with Gasteiger partial charge in [-0.05, 0) is 18.1 Å². The fourth-order valence-electron chi connectivity index (χ4n) is 2.69. The number of benzene rings is 2. The zero-order valence-corrected chi connectivity index (χ0v) is 16.7. The Labute approximate surface area is 166 Å². The van der Waals surface area contributed by atoms with Gasteiger partial charge in [0, 0.05) is 24.2 Å². The van der Waals surface area contributed by atoms with Crippen LogP contribution in [0.2, 0.25) is 0 Å². The summed E-state index contributed by atoms with van der Waals surface area (Å²) in [6.07, 6.45) is 0. The van der Waals surface area contributed by atoms with E-state index < -0.39 is 0 Å². The Kier molecular flexibility index (Phi) is 6.32. The normalized spacial score (nSPS) is 10.6. The first-order valence-electron chi connectivity index (χ1n) is 9.26. The molecule has 0 saturated heterocycles. The van der Waals surface area contributed by atoms with Gasteiger partial charge in [-0.1, -0.05) is 44.2 Å². The summed E-state index contributed by atoms with van der Waals surface area (Å²) < 4.78 is 10.8. The monoisotopic (exact) mass is 378 g/mol. The van der Waals surface area contributed by atoms with Gasteiger partial charge in [-0.3, -0.25) is 0 Å². The van der Waals surface area contributed by atoms with Gasteiger partial charge in [-0.15, -0.1) is 0 Å². The van der Waals surface area contributed by atoms with Crippen LogP contribution in [0.5, 0.6) is 11.5 Å². The molecule has 3 rings (SSSR count). The lowest BCUT2D eigenvalue weighted by molar-refractivity contribution is 0.405. The van der Waals surface area contributed by atoms with Crippen LogP contribution in [-0.2, 0) is 0 Å². The fourth-order valence-corrected chi connectivity index (χ4v) is 2.69. The highest BCUT2D eigenvalue weighted by Gasteiger charge is 2.11. The van der Waals surface area contributed by atoms with Crippen molar-refractivity contribution in [3.63, 3.8) is 0 Å². The van der Waals surface area contributed by atoms with E-state index in [9.17, 15) is 0 Å². The van der Waals surface area contributed by atoms with E-state index in [1.165, 1.54) is 0 Å². The zero-order chi connectivity index (χ0) is 19.9. The van der Waals surface area contributed by atoms with Gasteiger partial charge in [0.25, 0.3) is 0 Å². The molecule has 0 unspecified atom stereocenters. The molecule has 0 aliphatic carbocycles. The molecule has 0 fully saturated rings. The first-order chi connectivity index (χ1) is 13.6. The summed E-state index contributed by atoms with van der Waals surface area (Å²) in [5.41, 5.74) is 2.64. The molecular formula is C22H26N4O2. The molecule has 0 amide bonds. The second kappa shape index (κ2) is 9.08. The smallest absolute Gasteiger partial charge is 0.225 e. The highest BCUT2D eigenvalue weighted by atomic mass is 16.5. The third kappa shape index (κ3) is 4.91. The average Bonchev–Trinajstić information content (AvgIpc) is 2.72. The molecule has 2 aromatic carbocycles. The maximum atomic E-state index is 5.46. The lowest BCUT2D eigenvalue weighted by Crippen LogP contribution is -2.11. The molecule has 1 aromatic heterocycles. The molecule has 0 spiro atoms. The highest BCUT2D eigenvalue weighted by molar-refractivity contribution is 5.71. The maximum Gasteiger partial charge on any atom is 0.225 e. The fraction of sp³-hybridized carbons (Fsp3) is 0.273. The predicted molar refractivity (Wildman–Crippen MR) is 114 cm³/mol. The van der Waals surface area contributed by atoms with Gasteiger partial charge >= 0.3 is 0 Å². The number of hydrogen-bond acceptors (Lipinski definition) is 6. The topological polar surface area (TPSA) is 68.3 Å². The summed E-state index contributed by atoms with van der Waals surface area (Å²) in [5, 5.41) is 6.65. The van der Waals surface area contributed by atoms with Crippen molar-refractivity contribution in [2.24, 2.45) is 5.92 Å². The molecule has 0 bridgehead atoms. The van der Waals surface area contributed by atoms with Gasteiger partial charge in [-0.2, -0.15) is 4.98 Å². The van der Waals surface area contributed by atoms with E-state index in [4.69, 9.17) is 9.47 Å². The number of anilines is 3. The molecule has 3 aromatic rings. The first kappa shape index (κ1) is 19.5. The number of nitrogens with one attached hydrogen (secondary N) is 2. The van der Waals surface area contributed by atoms with E-state index in [0.717, 1.165) is 29.2 Å². The maximum absolute atomic E-state index is 5.46. The van der Waals surface area contributed by atoms with Crippen LogP contribution in [0.1, 0.15) is 13.8 Å². The average molecular weight is 378 g/mol. The summed E-state index contributed by atoms with van der Waals surface area (Å²) in [5.74, 6) is 3.18. The third-order valence-electron chi connectivity index (χ3n) is 4.13. The molecule has 0 saturated carbocycles. The third-order valence-corrected chi connectivity index (χ3v) is 4.13. The van der Waals surface area contributed by atoms with Gasteiger partial charge in [0.1, 0.15) is 17.3 Å². The van der Waals surface area contributed by atoms with Crippen LogP contribution in [0.25, 0.3) is 11.3 Å². The standard InChI is InChI=1S/C22H26N4O2/c1-15(2)14-23-22-25-18(16-8-6-5-7-9-16)13-21(26-22)24-19-12-17(27-3)10-11-20(19)28-4/h5-13,15H,14H2,1-4H3,(H2,23,24,25,26). The van der Waals surface area contributed by atoms with E-state index in [2.05, 4.69) is 34.4 Å². The Morgan fingerprint density at radius 1 is 0.929 bits per heavy atom. The van der Waals surface area contributed by atoms with Crippen molar-refractivity contribution in [3.8, 4) is 22.8 Å². The molecule has 6 nitrogen and oxygen atoms in total. The number of rotatable bonds is 8. The largest absolute Gasteiger partial charge is 0.497 e. The number of hydrogen-bond donors (Lipinski definition) is 2. The molecule has 1 heterocycles. The van der Waals surface area contributed by atoms with Crippen LogP contribution < -0.4 is 20.1 Å². The number of nitrogens with zero attached hydrogens (tertiary/aromatic N) is 2. The SMILES string of the molecule is COc1ccc(OC)c(Nc2cc(-c3ccccc3)nc(NCC(C)C)n2)c1. The molecule has 28 heavy (non-hydrogen) atoms. The van der Waals surface area contributed by atoms with Crippen LogP contribution in [-0.4, -0.2) is 30.7 Å². The molecule has 2 N–H and O–H groups in total. The van der Waals surface area contributed by atoms with Crippen LogP contribution >= 0.6 is 0 Å². The van der Waals surface area contributed by atoms with Crippen LogP contribution in [0.15, 0.2) is 54.6 Å². The van der Waals surface area contributed by atoms with Crippen molar-refractivity contribution in [2.45, 2.75) is 13.8 Å². The molecule has 0 aliphatic rings. The Hall–Kier alpha value is -3.28. The van der Waals surface area contributed by atoms with E-state index >= 15 is 0 Å². The summed E-state index contributed by atoms with van der Waals surface area (Å²) in [6.45, 7) is 5.09. The predicted octanol–water partition coefficient (Wildman–Crippen LogP) is 4.97. The number of aromatic nitrogens is 2. The lowest BCUT2D eigenvalue weighted by atomic mass is 10.1. The lowest BCUT2D eigenvalue weighted by Gasteiger charge is -2.15. The number of methoxy groups -OCH3 is 2. The minimum Gasteiger partial charge on any atom is -0.497 e. The van der Waals surface area contributed by atoms with Gasteiger partial charge in [-0.25, -0.2) is 4.98 Å². The Bertz CT molecular complexity index is 914. The van der Waals surface area contributed by atoms with Crippen molar-refractivity contribution in [2.75, 3.05) is 31.4 Å². The summed E-state index contributed by atoms with van der Waals surface area (Å²) >= 11 is 0. The Balaban J connectivity index is 1.98. The Morgan fingerprint density at radius 2 is 1.71 bits per heavy atom. The second-order valence-electron chi connectivity index (χ2n) is 6.79. The van der Waals surface area contributed by atoms with E-state index in [0.29, 0.717) is 23.4 Å². The van der Waals surface area contributed by atoms with Crippen LogP contribution in [0, 0.1) is 5.92 Å². The summed E-state index contributed by atoms with van der Waals surface area (Å²) in [6, 6.07) is 17.6. The molecule has 0 aliphatic heterocycles. The van der Waals surface area contributed by atoms with Crippen LogP contribution in [0.4, 0.5) is 17.5 Å². The zero-order valence-electron chi connectivity index (χ0n) is 16.7. The van der Waals surface area contributed by atoms with Crippen molar-refractivity contribution in [1.29, 1.82) is 0 Å². The minimum atomic E-state index is 0.485. The van der Waals surface area contributed by atoms with Crippen molar-refractivity contribution in [1.82, 2.24) is 9.97 Å². The first-order valence-corrected chi connectivity index (χ1v) is 9.26. The van der Waals surface area contributed by atoms with Gasteiger partial charge in [0.05, 0.1) is 25.6 Å². The van der Waals surface area contributed by atoms with E-state index in [1.54, 1.807) is 14.2 Å². The Morgan fingerprint density at radius 3 is 2.39 bits per heavy atom. The summed E-state index contributed by atoms with van der Waals surface area (Å²) in [4.78, 5) is 9.30. The molecule has 6 heteroatoms. The summed E-state index contributed by atoms with van der Waals surface area (Å²) in [7, 11) is 3.27. The van der Waals surface area contributed by atoms with Gasteiger partial charge in [0.2, 0.25) is 5.95 Å². The highest BCUT2D eigenvalue weighted by Crippen LogP contribution is 2.32. The van der Waals surface area contributed by atoms with Crippen molar-refractivity contribution < 1.29 is 9.47 Å². The molecular weight excluding hydrogens is 352 g/mol.